The highest BCUT2D eigenvalue weighted by molar-refractivity contribution is 7.80. The molecule has 16 heavy (non-hydrogen) atoms. The Kier molecular flexibility index (Phi) is 4.59. The molecule has 0 bridgehead atoms. The number of unbranched alkanes of at least 4 members (excludes halogenated alkanes) is 1. The van der Waals surface area contributed by atoms with E-state index in [4.69, 9.17) is 18.0 Å². The Balaban J connectivity index is 1.67. The molecule has 1 saturated carbocycles. The summed E-state index contributed by atoms with van der Waals surface area (Å²) in [5.41, 5.74) is 5.51. The Morgan fingerprint density at radius 3 is 2.81 bits per heavy atom. The maximum atomic E-state index is 5.51. The highest BCUT2D eigenvalue weighted by Gasteiger charge is 2.34. The van der Waals surface area contributed by atoms with Gasteiger partial charge in [0.25, 0.3) is 0 Å². The Labute approximate surface area is 105 Å². The standard InChI is InChI=1S/C13H24N2S/c14-13(16)7-3-4-9-15-10-8-11-5-1-2-6-12(11)15/h11-12H,1-10H2,(H2,14,16). The van der Waals surface area contributed by atoms with Crippen molar-refractivity contribution < 1.29 is 0 Å². The van der Waals surface area contributed by atoms with Crippen molar-refractivity contribution in [2.24, 2.45) is 11.7 Å². The molecule has 2 nitrogen and oxygen atoms in total. The van der Waals surface area contributed by atoms with E-state index < -0.39 is 0 Å². The summed E-state index contributed by atoms with van der Waals surface area (Å²) in [5.74, 6) is 1.02. The third-order valence-electron chi connectivity index (χ3n) is 4.24. The van der Waals surface area contributed by atoms with Crippen molar-refractivity contribution in [1.82, 2.24) is 4.90 Å². The zero-order valence-electron chi connectivity index (χ0n) is 10.2. The molecule has 0 spiro atoms. The van der Waals surface area contributed by atoms with Crippen LogP contribution in [-0.2, 0) is 0 Å². The molecular formula is C13H24N2S. The third-order valence-corrected chi connectivity index (χ3v) is 4.45. The first kappa shape index (κ1) is 12.3. The second-order valence-corrected chi connectivity index (χ2v) is 5.88. The van der Waals surface area contributed by atoms with E-state index in [1.54, 1.807) is 0 Å². The summed E-state index contributed by atoms with van der Waals surface area (Å²) < 4.78 is 0. The van der Waals surface area contributed by atoms with E-state index >= 15 is 0 Å². The van der Waals surface area contributed by atoms with Crippen LogP contribution in [0.3, 0.4) is 0 Å². The van der Waals surface area contributed by atoms with Gasteiger partial charge in [-0.25, -0.2) is 0 Å². The quantitative estimate of drug-likeness (QED) is 0.592. The highest BCUT2D eigenvalue weighted by Crippen LogP contribution is 2.36. The second-order valence-electron chi connectivity index (χ2n) is 5.36. The van der Waals surface area contributed by atoms with Crippen LogP contribution in [0.25, 0.3) is 0 Å². The van der Waals surface area contributed by atoms with Crippen LogP contribution < -0.4 is 5.73 Å². The van der Waals surface area contributed by atoms with Crippen LogP contribution in [0.2, 0.25) is 0 Å². The fourth-order valence-corrected chi connectivity index (χ4v) is 3.54. The third kappa shape index (κ3) is 3.17. The number of fused-ring (bicyclic) bond motifs is 1. The van der Waals surface area contributed by atoms with Crippen LogP contribution in [0.1, 0.15) is 51.4 Å². The van der Waals surface area contributed by atoms with Crippen molar-refractivity contribution >= 4 is 17.2 Å². The lowest BCUT2D eigenvalue weighted by atomic mass is 9.85. The number of thiocarbonyl (C=S) groups is 1. The fraction of sp³-hybridized carbons (Fsp3) is 0.923. The van der Waals surface area contributed by atoms with Crippen molar-refractivity contribution in [2.45, 2.75) is 57.4 Å². The molecule has 1 saturated heterocycles. The highest BCUT2D eigenvalue weighted by atomic mass is 32.1. The number of hydrogen-bond acceptors (Lipinski definition) is 2. The molecule has 2 atom stereocenters. The van der Waals surface area contributed by atoms with E-state index in [1.807, 2.05) is 0 Å². The molecule has 2 unspecified atom stereocenters. The van der Waals surface area contributed by atoms with Gasteiger partial charge in [0.15, 0.2) is 0 Å². The predicted octanol–water partition coefficient (Wildman–Crippen LogP) is 2.71. The van der Waals surface area contributed by atoms with Gasteiger partial charge < -0.3 is 10.6 Å². The molecule has 2 rings (SSSR count). The van der Waals surface area contributed by atoms with E-state index in [0.29, 0.717) is 4.99 Å². The Bertz CT molecular complexity index is 242. The van der Waals surface area contributed by atoms with Gasteiger partial charge in [-0.2, -0.15) is 0 Å². The van der Waals surface area contributed by atoms with Crippen LogP contribution >= 0.6 is 12.2 Å². The molecule has 1 aliphatic heterocycles. The second kappa shape index (κ2) is 5.97. The summed E-state index contributed by atoms with van der Waals surface area (Å²) in [5, 5.41) is 0. The van der Waals surface area contributed by atoms with Crippen LogP contribution in [-0.4, -0.2) is 29.0 Å². The molecule has 2 aliphatic rings. The predicted molar refractivity (Wildman–Crippen MR) is 72.6 cm³/mol. The van der Waals surface area contributed by atoms with Crippen molar-refractivity contribution in [2.75, 3.05) is 13.1 Å². The summed E-state index contributed by atoms with van der Waals surface area (Å²) in [6.07, 6.45) is 10.6. The van der Waals surface area contributed by atoms with Gasteiger partial charge in [0.2, 0.25) is 0 Å². The Hall–Kier alpha value is -0.150. The number of rotatable bonds is 5. The average Bonchev–Trinajstić information content (AvgIpc) is 2.68. The minimum absolute atomic E-state index is 0.678. The van der Waals surface area contributed by atoms with E-state index in [-0.39, 0.29) is 0 Å². The van der Waals surface area contributed by atoms with E-state index in [1.165, 1.54) is 58.0 Å². The largest absolute Gasteiger partial charge is 0.393 e. The molecule has 2 fully saturated rings. The van der Waals surface area contributed by atoms with E-state index in [2.05, 4.69) is 4.90 Å². The fourth-order valence-electron chi connectivity index (χ4n) is 3.39. The maximum absolute atomic E-state index is 5.51. The topological polar surface area (TPSA) is 29.3 Å². The van der Waals surface area contributed by atoms with Crippen molar-refractivity contribution in [3.8, 4) is 0 Å². The number of likely N-dealkylation sites (tertiary alicyclic amines) is 1. The van der Waals surface area contributed by atoms with Crippen molar-refractivity contribution in [3.63, 3.8) is 0 Å². The summed E-state index contributed by atoms with van der Waals surface area (Å²) in [7, 11) is 0. The van der Waals surface area contributed by atoms with Gasteiger partial charge >= 0.3 is 0 Å². The average molecular weight is 240 g/mol. The van der Waals surface area contributed by atoms with Crippen molar-refractivity contribution in [3.05, 3.63) is 0 Å². The van der Waals surface area contributed by atoms with Gasteiger partial charge in [0.05, 0.1) is 4.99 Å². The molecule has 2 N–H and O–H groups in total. The smallest absolute Gasteiger partial charge is 0.0727 e. The summed E-state index contributed by atoms with van der Waals surface area (Å²) >= 11 is 4.90. The van der Waals surface area contributed by atoms with Crippen LogP contribution in [0.5, 0.6) is 0 Å². The Morgan fingerprint density at radius 1 is 1.19 bits per heavy atom. The molecule has 1 heterocycles. The first-order valence-electron chi connectivity index (χ1n) is 6.80. The number of nitrogens with zero attached hydrogens (tertiary/aromatic N) is 1. The molecule has 1 aliphatic carbocycles. The number of hydrogen-bond donors (Lipinski definition) is 1. The van der Waals surface area contributed by atoms with Crippen LogP contribution in [0, 0.1) is 5.92 Å². The summed E-state index contributed by atoms with van der Waals surface area (Å²) in [6, 6.07) is 0.915. The first-order chi connectivity index (χ1) is 7.77. The molecular weight excluding hydrogens is 216 g/mol. The van der Waals surface area contributed by atoms with Gasteiger partial charge in [0, 0.05) is 6.04 Å². The zero-order valence-corrected chi connectivity index (χ0v) is 11.0. The molecule has 92 valence electrons. The first-order valence-corrected chi connectivity index (χ1v) is 7.20. The monoisotopic (exact) mass is 240 g/mol. The van der Waals surface area contributed by atoms with Gasteiger partial charge in [-0.1, -0.05) is 25.1 Å². The number of nitrogens with two attached hydrogens (primary N) is 1. The molecule has 3 heteroatoms. The molecule has 0 aromatic rings. The van der Waals surface area contributed by atoms with Crippen LogP contribution in [0.15, 0.2) is 0 Å². The lowest BCUT2D eigenvalue weighted by molar-refractivity contribution is 0.180. The summed E-state index contributed by atoms with van der Waals surface area (Å²) in [4.78, 5) is 3.40. The normalized spacial score (nSPS) is 30.2. The van der Waals surface area contributed by atoms with Crippen LogP contribution in [0.4, 0.5) is 0 Å². The van der Waals surface area contributed by atoms with E-state index in [9.17, 15) is 0 Å². The van der Waals surface area contributed by atoms with E-state index in [0.717, 1.165) is 18.4 Å². The maximum Gasteiger partial charge on any atom is 0.0727 e. The minimum Gasteiger partial charge on any atom is -0.393 e. The zero-order chi connectivity index (χ0) is 11.4. The lowest BCUT2D eigenvalue weighted by Crippen LogP contribution is -2.35. The van der Waals surface area contributed by atoms with Gasteiger partial charge in [-0.15, -0.1) is 0 Å². The molecule has 0 radical (unpaired) electrons. The molecule has 0 aromatic carbocycles. The Morgan fingerprint density at radius 2 is 2.00 bits per heavy atom. The molecule has 0 aromatic heterocycles. The van der Waals surface area contributed by atoms with Crippen molar-refractivity contribution in [1.29, 1.82) is 0 Å². The summed E-state index contributed by atoms with van der Waals surface area (Å²) in [6.45, 7) is 2.60. The van der Waals surface area contributed by atoms with Gasteiger partial charge in [0.1, 0.15) is 0 Å². The lowest BCUT2D eigenvalue weighted by Gasteiger charge is -2.31. The molecule has 0 amide bonds. The van der Waals surface area contributed by atoms with Gasteiger partial charge in [-0.05, 0) is 57.5 Å². The SMILES string of the molecule is NC(=S)CCCCN1CCC2CCCCC21. The minimum atomic E-state index is 0.678. The van der Waals surface area contributed by atoms with Gasteiger partial charge in [-0.3, -0.25) is 0 Å².